The van der Waals surface area contributed by atoms with Crippen LogP contribution < -0.4 is 5.32 Å². The fraction of sp³-hybridized carbons (Fsp3) is 0.462. The molecule has 1 atom stereocenters. The normalized spacial score (nSPS) is 20.9. The topological polar surface area (TPSA) is 38.1 Å². The first-order valence-electron chi connectivity index (χ1n) is 6.22. The number of nitrogens with zero attached hydrogens (tertiary/aromatic N) is 1. The smallest absolute Gasteiger partial charge is 0.416 e. The SMILES string of the molecule is FC(F)(F)c1ccc2oc(C3CCCNC3)nc2c1. The third-order valence-electron chi connectivity index (χ3n) is 3.38. The molecule has 2 aromatic rings. The lowest BCUT2D eigenvalue weighted by Crippen LogP contribution is -2.28. The number of hydrogen-bond donors (Lipinski definition) is 1. The minimum absolute atomic E-state index is 0.149. The molecule has 0 saturated carbocycles. The zero-order valence-electron chi connectivity index (χ0n) is 10.1. The molecule has 1 N–H and O–H groups in total. The maximum Gasteiger partial charge on any atom is 0.416 e. The molecule has 6 heteroatoms. The van der Waals surface area contributed by atoms with Gasteiger partial charge in [-0.3, -0.25) is 0 Å². The van der Waals surface area contributed by atoms with Crippen LogP contribution in [-0.4, -0.2) is 18.1 Å². The highest BCUT2D eigenvalue weighted by atomic mass is 19.4. The molecule has 1 aliphatic heterocycles. The lowest BCUT2D eigenvalue weighted by atomic mass is 10.00. The second kappa shape index (κ2) is 4.52. The van der Waals surface area contributed by atoms with Crippen LogP contribution in [-0.2, 0) is 6.18 Å². The summed E-state index contributed by atoms with van der Waals surface area (Å²) in [6.45, 7) is 1.73. The van der Waals surface area contributed by atoms with Crippen LogP contribution in [0.5, 0.6) is 0 Å². The van der Waals surface area contributed by atoms with Crippen molar-refractivity contribution in [3.8, 4) is 0 Å². The lowest BCUT2D eigenvalue weighted by molar-refractivity contribution is -0.137. The molecule has 1 aliphatic rings. The quantitative estimate of drug-likeness (QED) is 0.864. The minimum atomic E-state index is -4.35. The van der Waals surface area contributed by atoms with E-state index in [1.54, 1.807) is 0 Å². The van der Waals surface area contributed by atoms with E-state index >= 15 is 0 Å². The van der Waals surface area contributed by atoms with Crippen LogP contribution in [0, 0.1) is 0 Å². The second-order valence-corrected chi connectivity index (χ2v) is 4.78. The lowest BCUT2D eigenvalue weighted by Gasteiger charge is -2.19. The highest BCUT2D eigenvalue weighted by molar-refractivity contribution is 5.73. The van der Waals surface area contributed by atoms with Crippen molar-refractivity contribution in [3.63, 3.8) is 0 Å². The highest BCUT2D eigenvalue weighted by Crippen LogP contribution is 2.32. The largest absolute Gasteiger partial charge is 0.440 e. The van der Waals surface area contributed by atoms with E-state index in [0.29, 0.717) is 11.5 Å². The van der Waals surface area contributed by atoms with Crippen LogP contribution in [0.15, 0.2) is 22.6 Å². The van der Waals surface area contributed by atoms with Gasteiger partial charge in [0.05, 0.1) is 5.56 Å². The molecule has 0 spiro atoms. The van der Waals surface area contributed by atoms with Gasteiger partial charge in [-0.05, 0) is 37.6 Å². The zero-order valence-corrected chi connectivity index (χ0v) is 10.1. The van der Waals surface area contributed by atoms with Crippen molar-refractivity contribution < 1.29 is 17.6 Å². The van der Waals surface area contributed by atoms with E-state index in [4.69, 9.17) is 4.42 Å². The van der Waals surface area contributed by atoms with Gasteiger partial charge in [0.25, 0.3) is 0 Å². The molecule has 1 aromatic carbocycles. The van der Waals surface area contributed by atoms with Crippen LogP contribution in [0.25, 0.3) is 11.1 Å². The number of benzene rings is 1. The Morgan fingerprint density at radius 3 is 2.84 bits per heavy atom. The Balaban J connectivity index is 1.96. The van der Waals surface area contributed by atoms with Gasteiger partial charge >= 0.3 is 6.18 Å². The maximum atomic E-state index is 12.6. The summed E-state index contributed by atoms with van der Waals surface area (Å²) in [5, 5.41) is 3.23. The van der Waals surface area contributed by atoms with Crippen molar-refractivity contribution in [1.82, 2.24) is 10.3 Å². The molecule has 0 amide bonds. The summed E-state index contributed by atoms with van der Waals surface area (Å²) in [6, 6.07) is 3.40. The summed E-state index contributed by atoms with van der Waals surface area (Å²) in [7, 11) is 0. The number of fused-ring (bicyclic) bond motifs is 1. The Hall–Kier alpha value is -1.56. The predicted octanol–water partition coefficient (Wildman–Crippen LogP) is 3.31. The highest BCUT2D eigenvalue weighted by Gasteiger charge is 2.31. The summed E-state index contributed by atoms with van der Waals surface area (Å²) in [5.74, 6) is 0.678. The van der Waals surface area contributed by atoms with E-state index in [9.17, 15) is 13.2 Å². The number of alkyl halides is 3. The first-order valence-corrected chi connectivity index (χ1v) is 6.22. The van der Waals surface area contributed by atoms with Gasteiger partial charge in [-0.15, -0.1) is 0 Å². The van der Waals surface area contributed by atoms with Crippen molar-refractivity contribution in [1.29, 1.82) is 0 Å². The van der Waals surface area contributed by atoms with Crippen molar-refractivity contribution in [2.45, 2.75) is 24.9 Å². The number of hydrogen-bond acceptors (Lipinski definition) is 3. The summed E-state index contributed by atoms with van der Waals surface area (Å²) in [6.07, 6.45) is -2.37. The van der Waals surface area contributed by atoms with Crippen molar-refractivity contribution >= 4 is 11.1 Å². The molecule has 0 radical (unpaired) electrons. The fourth-order valence-electron chi connectivity index (χ4n) is 2.36. The van der Waals surface area contributed by atoms with Gasteiger partial charge in [0.1, 0.15) is 5.52 Å². The first-order chi connectivity index (χ1) is 9.04. The average Bonchev–Trinajstić information content (AvgIpc) is 2.81. The molecule has 19 heavy (non-hydrogen) atoms. The molecule has 1 unspecified atom stereocenters. The predicted molar refractivity (Wildman–Crippen MR) is 63.9 cm³/mol. The van der Waals surface area contributed by atoms with E-state index < -0.39 is 11.7 Å². The molecule has 1 aromatic heterocycles. The number of aromatic nitrogens is 1. The molecule has 2 heterocycles. The van der Waals surface area contributed by atoms with Crippen molar-refractivity contribution in [3.05, 3.63) is 29.7 Å². The molecule has 3 nitrogen and oxygen atoms in total. The van der Waals surface area contributed by atoms with Gasteiger partial charge < -0.3 is 9.73 Å². The number of piperidine rings is 1. The Kier molecular flexibility index (Phi) is 2.97. The van der Waals surface area contributed by atoms with E-state index in [0.717, 1.165) is 38.1 Å². The maximum absolute atomic E-state index is 12.6. The van der Waals surface area contributed by atoms with Crippen molar-refractivity contribution in [2.75, 3.05) is 13.1 Å². The summed E-state index contributed by atoms with van der Waals surface area (Å²) < 4.78 is 43.4. The minimum Gasteiger partial charge on any atom is -0.440 e. The van der Waals surface area contributed by atoms with Gasteiger partial charge in [0, 0.05) is 12.5 Å². The fourth-order valence-corrected chi connectivity index (χ4v) is 2.36. The van der Waals surface area contributed by atoms with E-state index in [1.807, 2.05) is 0 Å². The Morgan fingerprint density at radius 1 is 1.32 bits per heavy atom. The summed E-state index contributed by atoms with van der Waals surface area (Å²) in [4.78, 5) is 4.20. The van der Waals surface area contributed by atoms with Crippen LogP contribution in [0.2, 0.25) is 0 Å². The van der Waals surface area contributed by atoms with Gasteiger partial charge in [-0.2, -0.15) is 13.2 Å². The average molecular weight is 270 g/mol. The van der Waals surface area contributed by atoms with Crippen molar-refractivity contribution in [2.24, 2.45) is 0 Å². The van der Waals surface area contributed by atoms with E-state index in [2.05, 4.69) is 10.3 Å². The molecular weight excluding hydrogens is 257 g/mol. The van der Waals surface area contributed by atoms with Gasteiger partial charge in [-0.25, -0.2) is 4.98 Å². The second-order valence-electron chi connectivity index (χ2n) is 4.78. The van der Waals surface area contributed by atoms with E-state index in [1.165, 1.54) is 6.07 Å². The molecule has 0 aliphatic carbocycles. The van der Waals surface area contributed by atoms with Crippen LogP contribution in [0.1, 0.15) is 30.2 Å². The first kappa shape index (κ1) is 12.5. The van der Waals surface area contributed by atoms with Gasteiger partial charge in [0.2, 0.25) is 0 Å². The molecule has 1 saturated heterocycles. The van der Waals surface area contributed by atoms with Crippen LogP contribution in [0.4, 0.5) is 13.2 Å². The van der Waals surface area contributed by atoms with Gasteiger partial charge in [-0.1, -0.05) is 0 Å². The molecule has 1 fully saturated rings. The Labute approximate surface area is 107 Å². The molecule has 3 rings (SSSR count). The van der Waals surface area contributed by atoms with Crippen LogP contribution in [0.3, 0.4) is 0 Å². The number of oxazole rings is 1. The third kappa shape index (κ3) is 2.45. The van der Waals surface area contributed by atoms with Gasteiger partial charge in [0.15, 0.2) is 11.5 Å². The molecule has 0 bridgehead atoms. The standard InChI is InChI=1S/C13H13F3N2O/c14-13(15,16)9-3-4-11-10(6-9)18-12(19-11)8-2-1-5-17-7-8/h3-4,6,8,17H,1-2,5,7H2. The third-order valence-corrected chi connectivity index (χ3v) is 3.38. The summed E-state index contributed by atoms with van der Waals surface area (Å²) in [5.41, 5.74) is -0.00871. The molecule has 102 valence electrons. The van der Waals surface area contributed by atoms with Crippen LogP contribution >= 0.6 is 0 Å². The monoisotopic (exact) mass is 270 g/mol. The number of rotatable bonds is 1. The Bertz CT molecular complexity index is 585. The Morgan fingerprint density at radius 2 is 2.16 bits per heavy atom. The van der Waals surface area contributed by atoms with E-state index in [-0.39, 0.29) is 11.4 Å². The number of nitrogens with one attached hydrogen (secondary N) is 1. The zero-order chi connectivity index (χ0) is 13.5. The summed E-state index contributed by atoms with van der Waals surface area (Å²) >= 11 is 0. The molecular formula is C13H13F3N2O. The number of halogens is 3.